The first-order valence-corrected chi connectivity index (χ1v) is 7.87. The number of rotatable bonds is 5. The number of nitrogens with two attached hydrogens (primary N) is 1. The quantitative estimate of drug-likeness (QED) is 0.684. The fourth-order valence-electron chi connectivity index (χ4n) is 2.04. The van der Waals surface area contributed by atoms with E-state index in [-0.39, 0.29) is 6.04 Å². The van der Waals surface area contributed by atoms with E-state index in [2.05, 4.69) is 12.2 Å². The summed E-state index contributed by atoms with van der Waals surface area (Å²) in [6.07, 6.45) is 0.452. The molecular formula is C19H28N2O2. The van der Waals surface area contributed by atoms with Crippen molar-refractivity contribution >= 4 is 0 Å². The van der Waals surface area contributed by atoms with Crippen molar-refractivity contribution < 1.29 is 10.2 Å². The van der Waals surface area contributed by atoms with E-state index in [1.807, 2.05) is 49.5 Å². The van der Waals surface area contributed by atoms with Crippen molar-refractivity contribution in [2.24, 2.45) is 5.73 Å². The molecule has 0 amide bonds. The maximum Gasteiger partial charge on any atom is 0.115 e. The van der Waals surface area contributed by atoms with Gasteiger partial charge in [0.15, 0.2) is 0 Å². The van der Waals surface area contributed by atoms with Gasteiger partial charge >= 0.3 is 0 Å². The Bertz CT molecular complexity index is 541. The molecule has 3 atom stereocenters. The number of hydrogen-bond donors (Lipinski definition) is 4. The van der Waals surface area contributed by atoms with Gasteiger partial charge in [-0.15, -0.1) is 0 Å². The lowest BCUT2D eigenvalue weighted by Gasteiger charge is -2.13. The number of likely N-dealkylation sites (N-methyl/N-ethyl adjacent to an activating group) is 1. The lowest BCUT2D eigenvalue weighted by Crippen LogP contribution is -2.24. The van der Waals surface area contributed by atoms with Gasteiger partial charge in [0.05, 0.1) is 6.10 Å². The lowest BCUT2D eigenvalue weighted by atomic mass is 10.0. The molecule has 0 aliphatic heterocycles. The Morgan fingerprint density at radius 1 is 1.00 bits per heavy atom. The van der Waals surface area contributed by atoms with Crippen molar-refractivity contribution in [2.75, 3.05) is 7.05 Å². The zero-order chi connectivity index (χ0) is 17.2. The molecule has 4 heteroatoms. The number of aliphatic hydroxyl groups excluding tert-OH is 1. The van der Waals surface area contributed by atoms with Gasteiger partial charge in [-0.05, 0) is 50.6 Å². The fraction of sp³-hybridized carbons (Fsp3) is 0.368. The second-order valence-corrected chi connectivity index (χ2v) is 5.77. The van der Waals surface area contributed by atoms with Crippen molar-refractivity contribution in [1.82, 2.24) is 5.32 Å². The highest BCUT2D eigenvalue weighted by Crippen LogP contribution is 2.14. The van der Waals surface area contributed by atoms with Gasteiger partial charge in [-0.25, -0.2) is 0 Å². The van der Waals surface area contributed by atoms with Crippen LogP contribution in [0.25, 0.3) is 0 Å². The van der Waals surface area contributed by atoms with E-state index < -0.39 is 6.10 Å². The summed E-state index contributed by atoms with van der Waals surface area (Å²) in [5.74, 6) is 0.330. The van der Waals surface area contributed by atoms with Gasteiger partial charge < -0.3 is 21.3 Å². The van der Waals surface area contributed by atoms with Crippen LogP contribution in [0.3, 0.4) is 0 Å². The van der Waals surface area contributed by atoms with Gasteiger partial charge in [-0.2, -0.15) is 0 Å². The molecule has 0 fully saturated rings. The van der Waals surface area contributed by atoms with Crippen LogP contribution in [0.2, 0.25) is 0 Å². The molecule has 0 heterocycles. The summed E-state index contributed by atoms with van der Waals surface area (Å²) in [6.45, 7) is 3.92. The van der Waals surface area contributed by atoms with Crippen molar-refractivity contribution in [1.29, 1.82) is 0 Å². The highest BCUT2D eigenvalue weighted by Gasteiger charge is 2.10. The summed E-state index contributed by atoms with van der Waals surface area (Å²) in [6, 6.07) is 17.0. The molecule has 23 heavy (non-hydrogen) atoms. The minimum Gasteiger partial charge on any atom is -0.508 e. The SMILES string of the molecule is CNC(C)Cc1ccc(O)cc1.C[C@@H](N)[C@@H](O)c1ccccc1. The van der Waals surface area contributed by atoms with Crippen molar-refractivity contribution in [2.45, 2.75) is 38.5 Å². The molecular weight excluding hydrogens is 288 g/mol. The third kappa shape index (κ3) is 7.28. The Balaban J connectivity index is 0.000000231. The molecule has 2 aromatic rings. The van der Waals surface area contributed by atoms with Crippen LogP contribution < -0.4 is 11.1 Å². The Hall–Kier alpha value is -1.88. The normalized spacial score (nSPS) is 14.3. The zero-order valence-electron chi connectivity index (χ0n) is 14.1. The van der Waals surface area contributed by atoms with E-state index >= 15 is 0 Å². The average molecular weight is 316 g/mol. The summed E-state index contributed by atoms with van der Waals surface area (Å²) < 4.78 is 0. The Labute approximate surface area is 139 Å². The maximum atomic E-state index is 9.47. The minimum atomic E-state index is -0.545. The monoisotopic (exact) mass is 316 g/mol. The summed E-state index contributed by atoms with van der Waals surface area (Å²) >= 11 is 0. The second kappa shape index (κ2) is 10.0. The van der Waals surface area contributed by atoms with Crippen LogP contribution in [-0.4, -0.2) is 29.3 Å². The van der Waals surface area contributed by atoms with E-state index in [1.165, 1.54) is 5.56 Å². The Morgan fingerprint density at radius 2 is 1.57 bits per heavy atom. The van der Waals surface area contributed by atoms with Gasteiger partial charge in [0.2, 0.25) is 0 Å². The van der Waals surface area contributed by atoms with Gasteiger partial charge in [0, 0.05) is 12.1 Å². The highest BCUT2D eigenvalue weighted by molar-refractivity contribution is 5.26. The van der Waals surface area contributed by atoms with Gasteiger partial charge in [0.25, 0.3) is 0 Å². The number of benzene rings is 2. The van der Waals surface area contributed by atoms with E-state index in [4.69, 9.17) is 10.8 Å². The smallest absolute Gasteiger partial charge is 0.115 e. The molecule has 2 rings (SSSR count). The predicted molar refractivity (Wildman–Crippen MR) is 95.4 cm³/mol. The van der Waals surface area contributed by atoms with E-state index in [1.54, 1.807) is 19.1 Å². The van der Waals surface area contributed by atoms with Crippen molar-refractivity contribution in [3.8, 4) is 5.75 Å². The fourth-order valence-corrected chi connectivity index (χ4v) is 2.04. The number of aromatic hydroxyl groups is 1. The molecule has 0 saturated carbocycles. The largest absolute Gasteiger partial charge is 0.508 e. The first-order valence-electron chi connectivity index (χ1n) is 7.87. The minimum absolute atomic E-state index is 0.211. The maximum absolute atomic E-state index is 9.47. The molecule has 1 unspecified atom stereocenters. The number of phenols is 1. The lowest BCUT2D eigenvalue weighted by molar-refractivity contribution is 0.153. The highest BCUT2D eigenvalue weighted by atomic mass is 16.3. The molecule has 126 valence electrons. The summed E-state index contributed by atoms with van der Waals surface area (Å²) in [4.78, 5) is 0. The van der Waals surface area contributed by atoms with E-state index in [9.17, 15) is 5.11 Å². The van der Waals surface area contributed by atoms with E-state index in [0.29, 0.717) is 11.8 Å². The molecule has 0 aliphatic carbocycles. The molecule has 0 aromatic heterocycles. The Kier molecular flexibility index (Phi) is 8.33. The molecule has 0 bridgehead atoms. The van der Waals surface area contributed by atoms with Crippen molar-refractivity contribution in [3.63, 3.8) is 0 Å². The molecule has 5 N–H and O–H groups in total. The summed E-state index contributed by atoms with van der Waals surface area (Å²) in [5, 5.41) is 21.7. The second-order valence-electron chi connectivity index (χ2n) is 5.77. The molecule has 2 aromatic carbocycles. The van der Waals surface area contributed by atoms with Crippen LogP contribution in [-0.2, 0) is 6.42 Å². The Morgan fingerprint density at radius 3 is 2.04 bits per heavy atom. The molecule has 0 aliphatic rings. The number of hydrogen-bond acceptors (Lipinski definition) is 4. The summed E-state index contributed by atoms with van der Waals surface area (Å²) in [7, 11) is 1.95. The topological polar surface area (TPSA) is 78.5 Å². The number of phenolic OH excluding ortho intramolecular Hbond substituents is 1. The van der Waals surface area contributed by atoms with Gasteiger partial charge in [0.1, 0.15) is 5.75 Å². The van der Waals surface area contributed by atoms with Crippen LogP contribution in [0.1, 0.15) is 31.1 Å². The molecule has 0 radical (unpaired) electrons. The molecule has 0 saturated heterocycles. The summed E-state index contributed by atoms with van der Waals surface area (Å²) in [5.41, 5.74) is 7.64. The van der Waals surface area contributed by atoms with Crippen LogP contribution in [0, 0.1) is 0 Å². The van der Waals surface area contributed by atoms with Crippen LogP contribution in [0.15, 0.2) is 54.6 Å². The van der Waals surface area contributed by atoms with Gasteiger partial charge in [-0.1, -0.05) is 42.5 Å². The van der Waals surface area contributed by atoms with Crippen LogP contribution in [0.5, 0.6) is 5.75 Å². The van der Waals surface area contributed by atoms with Crippen LogP contribution in [0.4, 0.5) is 0 Å². The first kappa shape index (κ1) is 19.2. The average Bonchev–Trinajstić information content (AvgIpc) is 2.57. The first-order chi connectivity index (χ1) is 10.9. The molecule has 4 nitrogen and oxygen atoms in total. The number of aliphatic hydroxyl groups is 1. The van der Waals surface area contributed by atoms with E-state index in [0.717, 1.165) is 12.0 Å². The third-order valence-electron chi connectivity index (χ3n) is 3.61. The number of nitrogens with one attached hydrogen (secondary N) is 1. The van der Waals surface area contributed by atoms with Gasteiger partial charge in [-0.3, -0.25) is 0 Å². The standard InChI is InChI=1S/C10H15NO.C9H13NO/c1-8(11-2)7-9-3-5-10(12)6-4-9;1-7(10)9(11)8-5-3-2-4-6-8/h3-6,8,11-12H,7H2,1-2H3;2-7,9,11H,10H2,1H3/t;7-,9-/m.1/s1. The molecule has 0 spiro atoms. The predicted octanol–water partition coefficient (Wildman–Crippen LogP) is 2.61. The van der Waals surface area contributed by atoms with Crippen molar-refractivity contribution in [3.05, 3.63) is 65.7 Å². The zero-order valence-corrected chi connectivity index (χ0v) is 14.1. The third-order valence-corrected chi connectivity index (χ3v) is 3.61. The van der Waals surface area contributed by atoms with Crippen LogP contribution >= 0.6 is 0 Å².